The fourth-order valence-electron chi connectivity index (χ4n) is 2.94. The second kappa shape index (κ2) is 6.25. The van der Waals surface area contributed by atoms with Gasteiger partial charge >= 0.3 is 0 Å². The predicted octanol–water partition coefficient (Wildman–Crippen LogP) is 4.98. The molecule has 0 fully saturated rings. The lowest BCUT2D eigenvalue weighted by atomic mass is 9.94. The number of hydrogen-bond acceptors (Lipinski definition) is 1. The predicted molar refractivity (Wildman–Crippen MR) is 81.9 cm³/mol. The highest BCUT2D eigenvalue weighted by molar-refractivity contribution is 5.53. The van der Waals surface area contributed by atoms with E-state index in [2.05, 4.69) is 23.5 Å². The van der Waals surface area contributed by atoms with Gasteiger partial charge in [0.1, 0.15) is 0 Å². The molecule has 1 nitrogen and oxygen atoms in total. The van der Waals surface area contributed by atoms with Crippen LogP contribution in [-0.2, 0) is 12.8 Å². The summed E-state index contributed by atoms with van der Waals surface area (Å²) < 4.78 is 25.4. The van der Waals surface area contributed by atoms with Crippen molar-refractivity contribution < 1.29 is 8.78 Å². The molecule has 3 heteroatoms. The van der Waals surface area contributed by atoms with Crippen molar-refractivity contribution in [3.05, 3.63) is 65.2 Å². The van der Waals surface area contributed by atoms with Gasteiger partial charge in [0.25, 0.3) is 6.43 Å². The Morgan fingerprint density at radius 1 is 1.10 bits per heavy atom. The van der Waals surface area contributed by atoms with Gasteiger partial charge < -0.3 is 5.32 Å². The molecule has 21 heavy (non-hydrogen) atoms. The second-order valence-electron chi connectivity index (χ2n) is 5.62. The Bertz CT molecular complexity index is 610. The quantitative estimate of drug-likeness (QED) is 0.836. The lowest BCUT2D eigenvalue weighted by Crippen LogP contribution is -2.25. The molecule has 110 valence electrons. The summed E-state index contributed by atoms with van der Waals surface area (Å²) in [5.74, 6) is 0. The average Bonchev–Trinajstić information content (AvgIpc) is 2.53. The number of benzene rings is 2. The number of alkyl halides is 2. The van der Waals surface area contributed by atoms with Gasteiger partial charge in [-0.05, 0) is 42.9 Å². The van der Waals surface area contributed by atoms with Gasteiger partial charge in [0, 0.05) is 17.3 Å². The molecule has 1 aliphatic rings. The molecule has 0 aromatic heterocycles. The van der Waals surface area contributed by atoms with Crippen molar-refractivity contribution >= 4 is 5.69 Å². The molecule has 3 rings (SSSR count). The Balaban J connectivity index is 1.60. The van der Waals surface area contributed by atoms with Crippen molar-refractivity contribution in [2.45, 2.75) is 38.2 Å². The topological polar surface area (TPSA) is 12.0 Å². The van der Waals surface area contributed by atoms with Gasteiger partial charge in [-0.1, -0.05) is 42.5 Å². The smallest absolute Gasteiger partial charge is 0.263 e. The molecule has 2 aromatic rings. The van der Waals surface area contributed by atoms with Crippen molar-refractivity contribution in [3.8, 4) is 0 Å². The molecular weight excluding hydrogens is 268 g/mol. The molecule has 1 N–H and O–H groups in total. The van der Waals surface area contributed by atoms with E-state index in [9.17, 15) is 8.78 Å². The maximum absolute atomic E-state index is 12.7. The Morgan fingerprint density at radius 3 is 2.81 bits per heavy atom. The van der Waals surface area contributed by atoms with Crippen LogP contribution in [0, 0.1) is 0 Å². The molecule has 2 aromatic carbocycles. The van der Waals surface area contributed by atoms with Crippen LogP contribution >= 0.6 is 0 Å². The summed E-state index contributed by atoms with van der Waals surface area (Å²) in [7, 11) is 0. The number of anilines is 1. The first-order valence-electron chi connectivity index (χ1n) is 7.44. The Morgan fingerprint density at radius 2 is 1.95 bits per heavy atom. The van der Waals surface area contributed by atoms with E-state index >= 15 is 0 Å². The van der Waals surface area contributed by atoms with Crippen LogP contribution in [0.3, 0.4) is 0 Å². The summed E-state index contributed by atoms with van der Waals surface area (Å²) in [4.78, 5) is 0. The Hall–Kier alpha value is -1.90. The van der Waals surface area contributed by atoms with Crippen LogP contribution in [0.2, 0.25) is 0 Å². The zero-order valence-corrected chi connectivity index (χ0v) is 11.9. The maximum atomic E-state index is 12.7. The molecule has 1 heterocycles. The van der Waals surface area contributed by atoms with Crippen LogP contribution in [0.4, 0.5) is 14.5 Å². The Labute approximate surface area is 124 Å². The third-order valence-electron chi connectivity index (χ3n) is 4.12. The van der Waals surface area contributed by atoms with Gasteiger partial charge in [0.15, 0.2) is 0 Å². The molecule has 0 aliphatic carbocycles. The van der Waals surface area contributed by atoms with E-state index < -0.39 is 6.43 Å². The highest BCUT2D eigenvalue weighted by Crippen LogP contribution is 2.26. The minimum atomic E-state index is -2.38. The van der Waals surface area contributed by atoms with Crippen molar-refractivity contribution in [1.82, 2.24) is 0 Å². The van der Waals surface area contributed by atoms with Gasteiger partial charge in [-0.15, -0.1) is 0 Å². The van der Waals surface area contributed by atoms with E-state index in [0.29, 0.717) is 6.04 Å². The number of rotatable bonds is 4. The lowest BCUT2D eigenvalue weighted by Gasteiger charge is -2.27. The fourth-order valence-corrected chi connectivity index (χ4v) is 2.94. The summed E-state index contributed by atoms with van der Waals surface area (Å²) in [5, 5.41) is 3.56. The summed E-state index contributed by atoms with van der Waals surface area (Å²) in [5.41, 5.74) is 3.70. The molecule has 1 aliphatic heterocycles. The Kier molecular flexibility index (Phi) is 4.18. The monoisotopic (exact) mass is 287 g/mol. The van der Waals surface area contributed by atoms with Crippen LogP contribution in [0.1, 0.15) is 36.0 Å². The number of para-hydroxylation sites is 1. The van der Waals surface area contributed by atoms with Gasteiger partial charge in [-0.3, -0.25) is 0 Å². The number of aryl methyl sites for hydroxylation is 2. The highest BCUT2D eigenvalue weighted by atomic mass is 19.3. The van der Waals surface area contributed by atoms with Crippen molar-refractivity contribution in [2.75, 3.05) is 5.32 Å². The first-order chi connectivity index (χ1) is 10.2. The van der Waals surface area contributed by atoms with Crippen molar-refractivity contribution in [1.29, 1.82) is 0 Å². The molecule has 0 saturated heterocycles. The second-order valence-corrected chi connectivity index (χ2v) is 5.62. The van der Waals surface area contributed by atoms with Crippen LogP contribution in [0.25, 0.3) is 0 Å². The minimum Gasteiger partial charge on any atom is -0.382 e. The third kappa shape index (κ3) is 3.41. The zero-order chi connectivity index (χ0) is 14.7. The largest absolute Gasteiger partial charge is 0.382 e. The minimum absolute atomic E-state index is 0.120. The van der Waals surface area contributed by atoms with Crippen LogP contribution < -0.4 is 5.32 Å². The molecule has 0 spiro atoms. The van der Waals surface area contributed by atoms with Crippen LogP contribution in [0.15, 0.2) is 48.5 Å². The number of nitrogens with one attached hydrogen (secondary N) is 1. The number of hydrogen-bond donors (Lipinski definition) is 1. The first-order valence-corrected chi connectivity index (χ1v) is 7.44. The average molecular weight is 287 g/mol. The molecule has 0 saturated carbocycles. The maximum Gasteiger partial charge on any atom is 0.263 e. The van der Waals surface area contributed by atoms with E-state index in [4.69, 9.17) is 0 Å². The number of fused-ring (bicyclic) bond motifs is 1. The summed E-state index contributed by atoms with van der Waals surface area (Å²) in [6, 6.07) is 15.6. The summed E-state index contributed by atoms with van der Waals surface area (Å²) >= 11 is 0. The molecule has 1 unspecified atom stereocenters. The van der Waals surface area contributed by atoms with Gasteiger partial charge in [-0.2, -0.15) is 0 Å². The third-order valence-corrected chi connectivity index (χ3v) is 4.12. The van der Waals surface area contributed by atoms with E-state index in [1.807, 2.05) is 12.1 Å². The molecule has 0 radical (unpaired) electrons. The van der Waals surface area contributed by atoms with Gasteiger partial charge in [0.05, 0.1) is 0 Å². The standard InChI is InChI=1S/C18H19F2N/c19-18(20)15-6-3-4-13(12-15)8-10-16-11-9-14-5-1-2-7-17(14)21-16/h1-7,12,16,18,21H,8-11H2. The normalized spacial score (nSPS) is 17.4. The highest BCUT2D eigenvalue weighted by Gasteiger charge is 2.17. The SMILES string of the molecule is FC(F)c1cccc(CCC2CCc3ccccc3N2)c1. The van der Waals surface area contributed by atoms with Gasteiger partial charge in [0.2, 0.25) is 0 Å². The molecule has 1 atom stereocenters. The van der Waals surface area contributed by atoms with Crippen molar-refractivity contribution in [2.24, 2.45) is 0 Å². The summed E-state index contributed by atoms with van der Waals surface area (Å²) in [6.45, 7) is 0. The van der Waals surface area contributed by atoms with E-state index in [1.54, 1.807) is 12.1 Å². The lowest BCUT2D eigenvalue weighted by molar-refractivity contribution is 0.151. The van der Waals surface area contributed by atoms with E-state index in [1.165, 1.54) is 17.3 Å². The van der Waals surface area contributed by atoms with Crippen LogP contribution in [0.5, 0.6) is 0 Å². The van der Waals surface area contributed by atoms with Gasteiger partial charge in [-0.25, -0.2) is 8.78 Å². The molecule has 0 amide bonds. The zero-order valence-electron chi connectivity index (χ0n) is 11.9. The van der Waals surface area contributed by atoms with E-state index in [0.717, 1.165) is 31.2 Å². The van der Waals surface area contributed by atoms with Crippen molar-refractivity contribution in [3.63, 3.8) is 0 Å². The molecular formula is C18H19F2N. The fraction of sp³-hybridized carbons (Fsp3) is 0.333. The number of halogens is 2. The first kappa shape index (κ1) is 14.1. The molecule has 0 bridgehead atoms. The van der Waals surface area contributed by atoms with E-state index in [-0.39, 0.29) is 5.56 Å². The van der Waals surface area contributed by atoms with Crippen LogP contribution in [-0.4, -0.2) is 6.04 Å². The summed E-state index contributed by atoms with van der Waals surface area (Å²) in [6.07, 6.45) is 1.61.